The standard InChI is InChI=1S/C13H20ClNS/c1-2-7-15-11-5-3-4-10(9-11)13-12(14)6-8-16-13/h6,8,10-11,15H,2-5,7,9H2,1H3. The fourth-order valence-corrected chi connectivity index (χ4v) is 3.92. The molecule has 3 heteroatoms. The SMILES string of the molecule is CCCNC1CCCC(c2sccc2Cl)C1. The second kappa shape index (κ2) is 6.04. The maximum atomic E-state index is 6.22. The second-order valence-electron chi connectivity index (χ2n) is 4.65. The predicted octanol–water partition coefficient (Wildman–Crippen LogP) is 4.43. The zero-order valence-electron chi connectivity index (χ0n) is 9.84. The Morgan fingerprint density at radius 1 is 1.50 bits per heavy atom. The maximum absolute atomic E-state index is 6.22. The summed E-state index contributed by atoms with van der Waals surface area (Å²) in [4.78, 5) is 1.41. The van der Waals surface area contributed by atoms with E-state index in [2.05, 4.69) is 17.6 Å². The summed E-state index contributed by atoms with van der Waals surface area (Å²) in [5.41, 5.74) is 0. The van der Waals surface area contributed by atoms with Gasteiger partial charge in [0.2, 0.25) is 0 Å². The Bertz CT molecular complexity index is 323. The molecule has 1 nitrogen and oxygen atoms in total. The molecular formula is C13H20ClNS. The number of halogens is 1. The summed E-state index contributed by atoms with van der Waals surface area (Å²) in [6.07, 6.45) is 6.46. The van der Waals surface area contributed by atoms with E-state index in [0.29, 0.717) is 12.0 Å². The van der Waals surface area contributed by atoms with E-state index in [4.69, 9.17) is 11.6 Å². The summed E-state index contributed by atoms with van der Waals surface area (Å²) in [7, 11) is 0. The van der Waals surface area contributed by atoms with Crippen molar-refractivity contribution in [3.05, 3.63) is 21.3 Å². The van der Waals surface area contributed by atoms with Gasteiger partial charge < -0.3 is 5.32 Å². The van der Waals surface area contributed by atoms with E-state index < -0.39 is 0 Å². The number of rotatable bonds is 4. The molecule has 1 aromatic heterocycles. The van der Waals surface area contributed by atoms with Crippen LogP contribution in [-0.4, -0.2) is 12.6 Å². The Labute approximate surface area is 107 Å². The normalized spacial score (nSPS) is 25.9. The van der Waals surface area contributed by atoms with Crippen LogP contribution < -0.4 is 5.32 Å². The predicted molar refractivity (Wildman–Crippen MR) is 72.6 cm³/mol. The van der Waals surface area contributed by atoms with Gasteiger partial charge in [-0.05, 0) is 49.6 Å². The lowest BCUT2D eigenvalue weighted by Crippen LogP contribution is -2.33. The van der Waals surface area contributed by atoms with Crippen LogP contribution in [0.25, 0.3) is 0 Å². The summed E-state index contributed by atoms with van der Waals surface area (Å²) in [5.74, 6) is 0.690. The van der Waals surface area contributed by atoms with Crippen molar-refractivity contribution in [3.8, 4) is 0 Å². The zero-order valence-corrected chi connectivity index (χ0v) is 11.4. The first-order valence-electron chi connectivity index (χ1n) is 6.27. The van der Waals surface area contributed by atoms with Gasteiger partial charge >= 0.3 is 0 Å². The smallest absolute Gasteiger partial charge is 0.0547 e. The topological polar surface area (TPSA) is 12.0 Å². The lowest BCUT2D eigenvalue weighted by atomic mass is 9.85. The third-order valence-electron chi connectivity index (χ3n) is 3.37. The van der Waals surface area contributed by atoms with E-state index in [-0.39, 0.29) is 0 Å². The third-order valence-corrected chi connectivity index (χ3v) is 4.89. The van der Waals surface area contributed by atoms with E-state index >= 15 is 0 Å². The van der Waals surface area contributed by atoms with Crippen molar-refractivity contribution in [2.45, 2.75) is 51.0 Å². The molecule has 0 bridgehead atoms. The van der Waals surface area contributed by atoms with Gasteiger partial charge in [0.1, 0.15) is 0 Å². The van der Waals surface area contributed by atoms with Crippen molar-refractivity contribution in [3.63, 3.8) is 0 Å². The van der Waals surface area contributed by atoms with Crippen molar-refractivity contribution in [1.82, 2.24) is 5.32 Å². The Morgan fingerprint density at radius 2 is 2.38 bits per heavy atom. The number of hydrogen-bond acceptors (Lipinski definition) is 2. The molecule has 90 valence electrons. The molecule has 16 heavy (non-hydrogen) atoms. The van der Waals surface area contributed by atoms with Crippen molar-refractivity contribution < 1.29 is 0 Å². The molecule has 2 atom stereocenters. The molecular weight excluding hydrogens is 238 g/mol. The van der Waals surface area contributed by atoms with Gasteiger partial charge in [0, 0.05) is 10.9 Å². The molecule has 1 saturated carbocycles. The molecule has 1 fully saturated rings. The lowest BCUT2D eigenvalue weighted by molar-refractivity contribution is 0.343. The highest BCUT2D eigenvalue weighted by Gasteiger charge is 2.24. The van der Waals surface area contributed by atoms with Crippen LogP contribution in [0.1, 0.15) is 49.8 Å². The Kier molecular flexibility index (Phi) is 4.68. The zero-order chi connectivity index (χ0) is 11.4. The quantitative estimate of drug-likeness (QED) is 0.842. The maximum Gasteiger partial charge on any atom is 0.0547 e. The largest absolute Gasteiger partial charge is 0.314 e. The summed E-state index contributed by atoms with van der Waals surface area (Å²) >= 11 is 8.04. The molecule has 0 radical (unpaired) electrons. The fourth-order valence-electron chi connectivity index (χ4n) is 2.56. The monoisotopic (exact) mass is 257 g/mol. The van der Waals surface area contributed by atoms with Gasteiger partial charge in [0.05, 0.1) is 5.02 Å². The lowest BCUT2D eigenvalue weighted by Gasteiger charge is -2.29. The molecule has 1 aromatic rings. The molecule has 1 aliphatic carbocycles. The summed E-state index contributed by atoms with van der Waals surface area (Å²) in [6.45, 7) is 3.37. The van der Waals surface area contributed by atoms with E-state index in [0.717, 1.165) is 11.6 Å². The van der Waals surface area contributed by atoms with Crippen LogP contribution in [0, 0.1) is 0 Å². The van der Waals surface area contributed by atoms with Crippen LogP contribution >= 0.6 is 22.9 Å². The van der Waals surface area contributed by atoms with E-state index in [1.54, 1.807) is 0 Å². The van der Waals surface area contributed by atoms with Gasteiger partial charge in [0.25, 0.3) is 0 Å². The van der Waals surface area contributed by atoms with Crippen LogP contribution in [0.5, 0.6) is 0 Å². The first-order valence-corrected chi connectivity index (χ1v) is 7.53. The Morgan fingerprint density at radius 3 is 3.06 bits per heavy atom. The van der Waals surface area contributed by atoms with Gasteiger partial charge in [-0.25, -0.2) is 0 Å². The molecule has 0 aliphatic heterocycles. The van der Waals surface area contributed by atoms with Crippen LogP contribution in [0.3, 0.4) is 0 Å². The highest BCUT2D eigenvalue weighted by molar-refractivity contribution is 7.10. The number of thiophene rings is 1. The van der Waals surface area contributed by atoms with E-state index in [1.807, 2.05) is 17.4 Å². The molecule has 1 N–H and O–H groups in total. The van der Waals surface area contributed by atoms with Crippen LogP contribution in [0.4, 0.5) is 0 Å². The minimum Gasteiger partial charge on any atom is -0.314 e. The molecule has 0 aromatic carbocycles. The third kappa shape index (κ3) is 2.99. The fraction of sp³-hybridized carbons (Fsp3) is 0.692. The van der Waals surface area contributed by atoms with Gasteiger partial charge in [-0.2, -0.15) is 0 Å². The Balaban J connectivity index is 1.94. The van der Waals surface area contributed by atoms with Gasteiger partial charge in [-0.15, -0.1) is 11.3 Å². The molecule has 0 saturated heterocycles. The average molecular weight is 258 g/mol. The van der Waals surface area contributed by atoms with Crippen molar-refractivity contribution in [2.75, 3.05) is 6.54 Å². The van der Waals surface area contributed by atoms with Crippen molar-refractivity contribution in [1.29, 1.82) is 0 Å². The highest BCUT2D eigenvalue weighted by Crippen LogP contribution is 2.39. The van der Waals surface area contributed by atoms with Gasteiger partial charge in [0.15, 0.2) is 0 Å². The summed E-state index contributed by atoms with van der Waals surface area (Å²) < 4.78 is 0. The van der Waals surface area contributed by atoms with Crippen LogP contribution in [-0.2, 0) is 0 Å². The highest BCUT2D eigenvalue weighted by atomic mass is 35.5. The molecule has 1 aliphatic rings. The molecule has 2 unspecified atom stereocenters. The van der Waals surface area contributed by atoms with E-state index in [9.17, 15) is 0 Å². The first-order chi connectivity index (χ1) is 7.81. The van der Waals surface area contributed by atoms with Crippen LogP contribution in [0.15, 0.2) is 11.4 Å². The van der Waals surface area contributed by atoms with Crippen LogP contribution in [0.2, 0.25) is 5.02 Å². The van der Waals surface area contributed by atoms with Gasteiger partial charge in [-0.3, -0.25) is 0 Å². The molecule has 0 amide bonds. The molecule has 1 heterocycles. The Hall–Kier alpha value is -0.0500. The number of hydrogen-bond donors (Lipinski definition) is 1. The van der Waals surface area contributed by atoms with Crippen molar-refractivity contribution >= 4 is 22.9 Å². The molecule has 2 rings (SSSR count). The summed E-state index contributed by atoms with van der Waals surface area (Å²) in [5, 5.41) is 6.73. The summed E-state index contributed by atoms with van der Waals surface area (Å²) in [6, 6.07) is 2.74. The second-order valence-corrected chi connectivity index (χ2v) is 6.00. The minimum atomic E-state index is 0.690. The molecule has 0 spiro atoms. The van der Waals surface area contributed by atoms with E-state index in [1.165, 1.54) is 37.0 Å². The minimum absolute atomic E-state index is 0.690. The van der Waals surface area contributed by atoms with Crippen molar-refractivity contribution in [2.24, 2.45) is 0 Å². The number of nitrogens with one attached hydrogen (secondary N) is 1. The first kappa shape index (κ1) is 12.4. The van der Waals surface area contributed by atoms with Gasteiger partial charge in [-0.1, -0.05) is 24.9 Å². The average Bonchev–Trinajstić information content (AvgIpc) is 2.73.